The summed E-state index contributed by atoms with van der Waals surface area (Å²) in [7, 11) is 0. The van der Waals surface area contributed by atoms with Crippen molar-refractivity contribution >= 4 is 5.91 Å². The van der Waals surface area contributed by atoms with Crippen molar-refractivity contribution in [1.29, 1.82) is 0 Å². The minimum atomic E-state index is 0.0385. The summed E-state index contributed by atoms with van der Waals surface area (Å²) in [6, 6.07) is 2.49. The van der Waals surface area contributed by atoms with E-state index >= 15 is 0 Å². The second-order valence-electron chi connectivity index (χ2n) is 6.61. The molecule has 0 aromatic carbocycles. The van der Waals surface area contributed by atoms with E-state index in [1.54, 1.807) is 35.8 Å². The van der Waals surface area contributed by atoms with Gasteiger partial charge < -0.3 is 9.88 Å². The fraction of sp³-hybridized carbons (Fsp3) is 0.389. The molecule has 3 aromatic rings. The molecule has 3 aromatic heterocycles. The maximum absolute atomic E-state index is 12.1. The first-order valence-electron chi connectivity index (χ1n) is 8.83. The number of imidazole rings is 1. The number of aromatic nitrogens is 6. The fourth-order valence-corrected chi connectivity index (χ4v) is 3.44. The van der Waals surface area contributed by atoms with Gasteiger partial charge in [-0.1, -0.05) is 0 Å². The fourth-order valence-electron chi connectivity index (χ4n) is 3.44. The first-order chi connectivity index (χ1) is 12.8. The molecule has 0 spiro atoms. The zero-order valence-corrected chi connectivity index (χ0v) is 14.4. The molecule has 0 radical (unpaired) electrons. The van der Waals surface area contributed by atoms with Gasteiger partial charge in [0.1, 0.15) is 12.9 Å². The molecule has 3 heterocycles. The van der Waals surface area contributed by atoms with E-state index in [-0.39, 0.29) is 11.9 Å². The summed E-state index contributed by atoms with van der Waals surface area (Å²) in [5.74, 6) is 0.0385. The van der Waals surface area contributed by atoms with Crippen LogP contribution in [0.4, 0.5) is 0 Å². The maximum atomic E-state index is 12.1. The lowest BCUT2D eigenvalue weighted by Crippen LogP contribution is -2.39. The van der Waals surface area contributed by atoms with Crippen molar-refractivity contribution < 1.29 is 4.79 Å². The van der Waals surface area contributed by atoms with Crippen LogP contribution in [-0.2, 0) is 11.3 Å². The van der Waals surface area contributed by atoms with Crippen LogP contribution in [0.2, 0.25) is 0 Å². The maximum Gasteiger partial charge on any atom is 0.240 e. The Hall–Kier alpha value is -3.03. The molecule has 1 aliphatic carbocycles. The zero-order valence-electron chi connectivity index (χ0n) is 14.4. The van der Waals surface area contributed by atoms with Crippen LogP contribution >= 0.6 is 0 Å². The molecule has 4 rings (SSSR count). The summed E-state index contributed by atoms with van der Waals surface area (Å²) in [4.78, 5) is 24.3. The summed E-state index contributed by atoms with van der Waals surface area (Å²) >= 11 is 0. The first kappa shape index (κ1) is 16.4. The minimum absolute atomic E-state index is 0.0385. The number of carbonyl (C=O) groups excluding carboxylic acids is 1. The van der Waals surface area contributed by atoms with Crippen molar-refractivity contribution in [2.45, 2.75) is 44.3 Å². The second-order valence-corrected chi connectivity index (χ2v) is 6.61. The van der Waals surface area contributed by atoms with Crippen LogP contribution in [0.1, 0.15) is 31.7 Å². The molecular weight excluding hydrogens is 330 g/mol. The quantitative estimate of drug-likeness (QED) is 0.757. The van der Waals surface area contributed by atoms with Gasteiger partial charge >= 0.3 is 0 Å². The summed E-state index contributed by atoms with van der Waals surface area (Å²) in [6.45, 7) is 0.321. The van der Waals surface area contributed by atoms with E-state index in [4.69, 9.17) is 0 Å². The van der Waals surface area contributed by atoms with Crippen LogP contribution in [-0.4, -0.2) is 41.2 Å². The largest absolute Gasteiger partial charge is 0.352 e. The molecule has 0 saturated heterocycles. The number of nitrogens with one attached hydrogen (secondary N) is 1. The van der Waals surface area contributed by atoms with Crippen LogP contribution in [0.15, 0.2) is 49.7 Å². The van der Waals surface area contributed by atoms with E-state index < -0.39 is 0 Å². The van der Waals surface area contributed by atoms with Crippen LogP contribution in [0.25, 0.3) is 11.3 Å². The van der Waals surface area contributed by atoms with E-state index in [2.05, 4.69) is 25.4 Å². The predicted molar refractivity (Wildman–Crippen MR) is 94.9 cm³/mol. The number of hydrogen-bond acceptors (Lipinski definition) is 5. The van der Waals surface area contributed by atoms with Crippen LogP contribution in [0, 0.1) is 0 Å². The Morgan fingerprint density at radius 3 is 2.81 bits per heavy atom. The Morgan fingerprint density at radius 2 is 2.08 bits per heavy atom. The Morgan fingerprint density at radius 1 is 1.19 bits per heavy atom. The lowest BCUT2D eigenvalue weighted by molar-refractivity contribution is -0.122. The number of carbonyl (C=O) groups is 1. The minimum Gasteiger partial charge on any atom is -0.352 e. The van der Waals surface area contributed by atoms with E-state index in [1.165, 1.54) is 0 Å². The van der Waals surface area contributed by atoms with Crippen molar-refractivity contribution in [3.63, 3.8) is 0 Å². The molecule has 1 amide bonds. The molecule has 0 atom stereocenters. The topological polar surface area (TPSA) is 90.5 Å². The van der Waals surface area contributed by atoms with Gasteiger partial charge in [0.25, 0.3) is 0 Å². The number of rotatable bonds is 5. The summed E-state index contributed by atoms with van der Waals surface area (Å²) < 4.78 is 3.81. The third-order valence-corrected chi connectivity index (χ3v) is 4.80. The highest BCUT2D eigenvalue weighted by Crippen LogP contribution is 2.29. The molecule has 0 bridgehead atoms. The first-order valence-corrected chi connectivity index (χ1v) is 8.83. The average Bonchev–Trinajstić information content (AvgIpc) is 3.35. The van der Waals surface area contributed by atoms with Gasteiger partial charge in [-0.05, 0) is 31.7 Å². The van der Waals surface area contributed by atoms with Crippen LogP contribution in [0.3, 0.4) is 0 Å². The normalized spacial score (nSPS) is 20.0. The van der Waals surface area contributed by atoms with Crippen molar-refractivity contribution in [2.24, 2.45) is 0 Å². The average molecular weight is 351 g/mol. The van der Waals surface area contributed by atoms with Gasteiger partial charge in [-0.25, -0.2) is 15.0 Å². The van der Waals surface area contributed by atoms with Gasteiger partial charge in [-0.2, -0.15) is 5.10 Å². The molecule has 0 aliphatic heterocycles. The molecular formula is C18H21N7O. The van der Waals surface area contributed by atoms with Gasteiger partial charge in [-0.3, -0.25) is 9.48 Å². The lowest BCUT2D eigenvalue weighted by Gasteiger charge is -2.29. The number of amides is 1. The third-order valence-electron chi connectivity index (χ3n) is 4.80. The van der Waals surface area contributed by atoms with E-state index in [0.717, 1.165) is 36.9 Å². The predicted octanol–water partition coefficient (Wildman–Crippen LogP) is 1.84. The standard InChI is InChI=1S/C18H21N7O/c26-18(11-24-8-7-20-13-24)23-15-1-3-16(4-2-15)25-10-14(9-22-25)17-5-6-19-12-21-17/h5-10,12-13,15-16H,1-4,11H2,(H,23,26). The summed E-state index contributed by atoms with van der Waals surface area (Å²) in [5.41, 5.74) is 1.88. The molecule has 1 aliphatic rings. The van der Waals surface area contributed by atoms with Crippen LogP contribution < -0.4 is 5.32 Å². The highest BCUT2D eigenvalue weighted by atomic mass is 16.2. The van der Waals surface area contributed by atoms with Gasteiger partial charge in [0.05, 0.1) is 24.3 Å². The molecule has 1 saturated carbocycles. The smallest absolute Gasteiger partial charge is 0.240 e. The molecule has 26 heavy (non-hydrogen) atoms. The molecule has 1 fully saturated rings. The lowest BCUT2D eigenvalue weighted by atomic mass is 9.91. The highest BCUT2D eigenvalue weighted by Gasteiger charge is 2.24. The Balaban J connectivity index is 1.30. The van der Waals surface area contributed by atoms with E-state index in [0.29, 0.717) is 12.6 Å². The van der Waals surface area contributed by atoms with Crippen LogP contribution in [0.5, 0.6) is 0 Å². The van der Waals surface area contributed by atoms with Gasteiger partial charge in [0.15, 0.2) is 0 Å². The Labute approximate surface area is 151 Å². The van der Waals surface area contributed by atoms with Crippen molar-refractivity contribution in [1.82, 2.24) is 34.6 Å². The molecule has 8 heteroatoms. The van der Waals surface area contributed by atoms with Crippen molar-refractivity contribution in [3.05, 3.63) is 49.7 Å². The van der Waals surface area contributed by atoms with Crippen molar-refractivity contribution in [2.75, 3.05) is 0 Å². The van der Waals surface area contributed by atoms with E-state index in [9.17, 15) is 4.79 Å². The van der Waals surface area contributed by atoms with Crippen molar-refractivity contribution in [3.8, 4) is 11.3 Å². The van der Waals surface area contributed by atoms with Gasteiger partial charge in [0.2, 0.25) is 5.91 Å². The monoisotopic (exact) mass is 351 g/mol. The molecule has 8 nitrogen and oxygen atoms in total. The Bertz CT molecular complexity index is 836. The van der Waals surface area contributed by atoms with Gasteiger partial charge in [-0.15, -0.1) is 0 Å². The molecule has 0 unspecified atom stereocenters. The number of hydrogen-bond donors (Lipinski definition) is 1. The molecule has 1 N–H and O–H groups in total. The molecule has 134 valence electrons. The summed E-state index contributed by atoms with van der Waals surface area (Å²) in [5, 5.41) is 7.64. The SMILES string of the molecule is O=C(Cn1ccnc1)NC1CCC(n2cc(-c3ccncn3)cn2)CC1. The van der Waals surface area contributed by atoms with E-state index in [1.807, 2.05) is 23.1 Å². The highest BCUT2D eigenvalue weighted by molar-refractivity contribution is 5.76. The van der Waals surface area contributed by atoms with Gasteiger partial charge in [0, 0.05) is 36.4 Å². The Kier molecular flexibility index (Phi) is 4.72. The number of nitrogens with zero attached hydrogens (tertiary/aromatic N) is 6. The zero-order chi connectivity index (χ0) is 17.8. The second kappa shape index (κ2) is 7.47. The third kappa shape index (κ3) is 3.79. The summed E-state index contributed by atoms with van der Waals surface area (Å²) in [6.07, 6.45) is 16.2.